The Morgan fingerprint density at radius 2 is 1.21 bits per heavy atom. The zero-order valence-electron chi connectivity index (χ0n) is 16.2. The maximum atomic E-state index is 2.80. The summed E-state index contributed by atoms with van der Waals surface area (Å²) in [6, 6.07) is 0.924. The van der Waals surface area contributed by atoms with Crippen LogP contribution in [0.25, 0.3) is 0 Å². The van der Waals surface area contributed by atoms with Crippen molar-refractivity contribution in [1.82, 2.24) is 14.7 Å². The van der Waals surface area contributed by atoms with Crippen LogP contribution >= 0.6 is 0 Å². The lowest BCUT2D eigenvalue weighted by atomic mass is 9.94. The van der Waals surface area contributed by atoms with E-state index in [1.54, 1.807) is 0 Å². The molecule has 24 heavy (non-hydrogen) atoms. The van der Waals surface area contributed by atoms with E-state index in [4.69, 9.17) is 0 Å². The Hall–Kier alpha value is -0.120. The summed E-state index contributed by atoms with van der Waals surface area (Å²) in [5.41, 5.74) is 0. The first-order valence-corrected chi connectivity index (χ1v) is 11.0. The molecular formula is C21H41N3. The lowest BCUT2D eigenvalue weighted by Crippen LogP contribution is -2.50. The van der Waals surface area contributed by atoms with Gasteiger partial charge in [0.15, 0.2) is 0 Å². The number of hydrogen-bond donors (Lipinski definition) is 0. The van der Waals surface area contributed by atoms with Gasteiger partial charge < -0.3 is 9.80 Å². The monoisotopic (exact) mass is 335 g/mol. The summed E-state index contributed by atoms with van der Waals surface area (Å²) < 4.78 is 0. The third-order valence-electron chi connectivity index (χ3n) is 6.82. The third kappa shape index (κ3) is 6.00. The van der Waals surface area contributed by atoms with Gasteiger partial charge in [-0.15, -0.1) is 0 Å². The highest BCUT2D eigenvalue weighted by Gasteiger charge is 2.24. The summed E-state index contributed by atoms with van der Waals surface area (Å²) in [4.78, 5) is 8.22. The fourth-order valence-electron chi connectivity index (χ4n) is 4.93. The predicted octanol–water partition coefficient (Wildman–Crippen LogP) is 3.84. The molecule has 3 aliphatic rings. The molecule has 0 unspecified atom stereocenters. The van der Waals surface area contributed by atoms with Gasteiger partial charge in [-0.1, -0.05) is 32.6 Å². The molecule has 3 rings (SSSR count). The van der Waals surface area contributed by atoms with Crippen LogP contribution in [0.4, 0.5) is 0 Å². The van der Waals surface area contributed by atoms with E-state index in [1.807, 2.05) is 0 Å². The molecule has 0 radical (unpaired) electrons. The third-order valence-corrected chi connectivity index (χ3v) is 6.82. The lowest BCUT2D eigenvalue weighted by molar-refractivity contribution is 0.0779. The molecule has 2 heterocycles. The minimum absolute atomic E-state index is 0.924. The van der Waals surface area contributed by atoms with E-state index in [2.05, 4.69) is 21.6 Å². The van der Waals surface area contributed by atoms with Crippen LogP contribution in [0.1, 0.15) is 71.1 Å². The second-order valence-corrected chi connectivity index (χ2v) is 8.75. The molecule has 1 saturated carbocycles. The first kappa shape index (κ1) is 18.7. The maximum absolute atomic E-state index is 2.80. The second kappa shape index (κ2) is 10.1. The quantitative estimate of drug-likeness (QED) is 0.655. The van der Waals surface area contributed by atoms with Crippen molar-refractivity contribution >= 4 is 0 Å². The minimum atomic E-state index is 0.924. The smallest absolute Gasteiger partial charge is 0.0113 e. The van der Waals surface area contributed by atoms with E-state index >= 15 is 0 Å². The van der Waals surface area contributed by atoms with Crippen molar-refractivity contribution < 1.29 is 0 Å². The van der Waals surface area contributed by atoms with Crippen LogP contribution in [-0.4, -0.2) is 73.1 Å². The van der Waals surface area contributed by atoms with E-state index in [0.29, 0.717) is 0 Å². The summed E-state index contributed by atoms with van der Waals surface area (Å²) in [5.74, 6) is 0.966. The number of piperidine rings is 1. The minimum Gasteiger partial charge on any atom is -0.303 e. The molecule has 0 N–H and O–H groups in total. The molecule has 2 saturated heterocycles. The van der Waals surface area contributed by atoms with Crippen LogP contribution in [0.5, 0.6) is 0 Å². The Kier molecular flexibility index (Phi) is 7.88. The second-order valence-electron chi connectivity index (χ2n) is 8.75. The van der Waals surface area contributed by atoms with E-state index in [1.165, 1.54) is 117 Å². The van der Waals surface area contributed by atoms with Gasteiger partial charge in [0, 0.05) is 32.2 Å². The molecule has 0 spiro atoms. The highest BCUT2D eigenvalue weighted by Crippen LogP contribution is 2.23. The van der Waals surface area contributed by atoms with Gasteiger partial charge in [0.2, 0.25) is 0 Å². The first-order valence-electron chi connectivity index (χ1n) is 11.0. The summed E-state index contributed by atoms with van der Waals surface area (Å²) in [6.45, 7) is 13.1. The van der Waals surface area contributed by atoms with Crippen molar-refractivity contribution in [3.05, 3.63) is 0 Å². The number of nitrogens with zero attached hydrogens (tertiary/aromatic N) is 3. The van der Waals surface area contributed by atoms with E-state index in [-0.39, 0.29) is 0 Å². The molecular weight excluding hydrogens is 294 g/mol. The van der Waals surface area contributed by atoms with Crippen molar-refractivity contribution in [2.75, 3.05) is 52.4 Å². The predicted molar refractivity (Wildman–Crippen MR) is 104 cm³/mol. The number of likely N-dealkylation sites (tertiary alicyclic amines) is 1. The van der Waals surface area contributed by atoms with Crippen LogP contribution in [0.2, 0.25) is 0 Å². The van der Waals surface area contributed by atoms with E-state index < -0.39 is 0 Å². The summed E-state index contributed by atoms with van der Waals surface area (Å²) in [6.07, 6.45) is 14.5. The lowest BCUT2D eigenvalue weighted by Gasteiger charge is -2.40. The van der Waals surface area contributed by atoms with Crippen LogP contribution in [0.3, 0.4) is 0 Å². The molecule has 0 atom stereocenters. The molecule has 140 valence electrons. The van der Waals surface area contributed by atoms with Crippen molar-refractivity contribution in [2.24, 2.45) is 5.92 Å². The van der Waals surface area contributed by atoms with E-state index in [9.17, 15) is 0 Å². The van der Waals surface area contributed by atoms with Crippen molar-refractivity contribution in [3.63, 3.8) is 0 Å². The maximum Gasteiger partial charge on any atom is 0.0113 e. The molecule has 1 aliphatic carbocycles. The fraction of sp³-hybridized carbons (Fsp3) is 1.00. The molecule has 0 aromatic heterocycles. The fourth-order valence-corrected chi connectivity index (χ4v) is 4.93. The average molecular weight is 336 g/mol. The van der Waals surface area contributed by atoms with Crippen LogP contribution in [-0.2, 0) is 0 Å². The van der Waals surface area contributed by atoms with Crippen LogP contribution in [0.15, 0.2) is 0 Å². The van der Waals surface area contributed by atoms with Crippen LogP contribution < -0.4 is 0 Å². The Morgan fingerprint density at radius 3 is 1.83 bits per heavy atom. The molecule has 0 aromatic rings. The summed E-state index contributed by atoms with van der Waals surface area (Å²) >= 11 is 0. The molecule has 0 amide bonds. The Bertz CT molecular complexity index is 324. The number of rotatable bonds is 7. The Labute approximate surface area is 150 Å². The van der Waals surface area contributed by atoms with Crippen LogP contribution in [0, 0.1) is 5.92 Å². The topological polar surface area (TPSA) is 9.72 Å². The van der Waals surface area contributed by atoms with Gasteiger partial charge in [0.1, 0.15) is 0 Å². The molecule has 3 fully saturated rings. The van der Waals surface area contributed by atoms with Gasteiger partial charge >= 0.3 is 0 Å². The molecule has 3 heteroatoms. The Balaban J connectivity index is 1.20. The first-order chi connectivity index (χ1) is 11.8. The van der Waals surface area contributed by atoms with Gasteiger partial charge in [-0.2, -0.15) is 0 Å². The summed E-state index contributed by atoms with van der Waals surface area (Å²) in [7, 11) is 0. The zero-order chi connectivity index (χ0) is 16.6. The van der Waals surface area contributed by atoms with Crippen molar-refractivity contribution in [1.29, 1.82) is 0 Å². The normalized spacial score (nSPS) is 26.9. The molecule has 0 aromatic carbocycles. The standard InChI is InChI=1S/C21H41N3/c1-20-10-14-22(15-11-20)12-6-3-7-13-23-16-18-24(19-17-23)21-8-4-2-5-9-21/h20-21H,2-19H2,1H3. The molecule has 3 nitrogen and oxygen atoms in total. The SMILES string of the molecule is CC1CCN(CCCCCN2CCN(C3CCCCC3)CC2)CC1. The number of unbranched alkanes of at least 4 members (excludes halogenated alkanes) is 2. The van der Waals surface area contributed by atoms with Crippen molar-refractivity contribution in [2.45, 2.75) is 77.2 Å². The van der Waals surface area contributed by atoms with Gasteiger partial charge in [0.25, 0.3) is 0 Å². The van der Waals surface area contributed by atoms with Gasteiger partial charge in [-0.25, -0.2) is 0 Å². The van der Waals surface area contributed by atoms with E-state index in [0.717, 1.165) is 12.0 Å². The zero-order valence-corrected chi connectivity index (χ0v) is 16.2. The summed E-state index contributed by atoms with van der Waals surface area (Å²) in [5, 5.41) is 0. The highest BCUT2D eigenvalue weighted by molar-refractivity contribution is 4.80. The van der Waals surface area contributed by atoms with Gasteiger partial charge in [0.05, 0.1) is 0 Å². The Morgan fingerprint density at radius 1 is 0.625 bits per heavy atom. The largest absolute Gasteiger partial charge is 0.303 e. The average Bonchev–Trinajstić information content (AvgIpc) is 2.64. The number of hydrogen-bond acceptors (Lipinski definition) is 3. The highest BCUT2D eigenvalue weighted by atomic mass is 15.3. The van der Waals surface area contributed by atoms with Gasteiger partial charge in [-0.05, 0) is 70.6 Å². The molecule has 0 bridgehead atoms. The molecule has 2 aliphatic heterocycles. The van der Waals surface area contributed by atoms with Crippen molar-refractivity contribution in [3.8, 4) is 0 Å². The number of piperazine rings is 1. The van der Waals surface area contributed by atoms with Gasteiger partial charge in [-0.3, -0.25) is 4.90 Å².